The average Bonchev–Trinajstić information content (AvgIpc) is 2.79. The van der Waals surface area contributed by atoms with E-state index in [9.17, 15) is 15.0 Å². The maximum absolute atomic E-state index is 12.4. The second-order valence-electron chi connectivity index (χ2n) is 6.27. The molecular weight excluding hydrogens is 342 g/mol. The number of amides is 1. The summed E-state index contributed by atoms with van der Waals surface area (Å²) in [6.45, 7) is 1.89. The second-order valence-corrected chi connectivity index (χ2v) is 6.27. The molecule has 0 radical (unpaired) electrons. The van der Waals surface area contributed by atoms with Crippen LogP contribution < -0.4 is 11.2 Å². The fourth-order valence-electron chi connectivity index (χ4n) is 3.03. The molecule has 0 saturated carbocycles. The summed E-state index contributed by atoms with van der Waals surface area (Å²) in [6, 6.07) is 9.92. The minimum atomic E-state index is -0.835. The van der Waals surface area contributed by atoms with Crippen LogP contribution in [-0.2, 0) is 6.42 Å². The summed E-state index contributed by atoms with van der Waals surface area (Å²) in [7, 11) is 0. The molecule has 6 heteroatoms. The van der Waals surface area contributed by atoms with Crippen molar-refractivity contribution in [2.24, 2.45) is 5.10 Å². The number of fused-ring (bicyclic) bond motifs is 1. The number of aliphatic hydroxyl groups is 1. The number of hydrogen-bond acceptors (Lipinski definition) is 5. The lowest BCUT2D eigenvalue weighted by Crippen LogP contribution is -2.18. The highest BCUT2D eigenvalue weighted by atomic mass is 16.3. The molecule has 138 valence electrons. The summed E-state index contributed by atoms with van der Waals surface area (Å²) >= 11 is 0. The van der Waals surface area contributed by atoms with Crippen molar-refractivity contribution in [3.05, 3.63) is 76.9 Å². The number of hydrogen-bond donors (Lipinski definition) is 4. The fraction of sp³-hybridized carbons (Fsp3) is 0.143. The molecule has 0 aliphatic carbocycles. The van der Waals surface area contributed by atoms with Gasteiger partial charge in [0.15, 0.2) is 0 Å². The topological polar surface area (TPSA) is 108 Å². The molecule has 1 aliphatic rings. The van der Waals surface area contributed by atoms with E-state index in [1.807, 2.05) is 25.2 Å². The molecule has 3 rings (SSSR count). The quantitative estimate of drug-likeness (QED) is 0.626. The van der Waals surface area contributed by atoms with Crippen LogP contribution in [0.25, 0.3) is 5.57 Å². The Morgan fingerprint density at radius 2 is 2.11 bits per heavy atom. The number of nitrogens with two attached hydrogens (primary N) is 1. The SMILES string of the molecule is C/C=C/C=C1\C=NNC(=O)c2cc(CC(O)c3cccc(O)c3)cc(N)c21. The van der Waals surface area contributed by atoms with Gasteiger partial charge in [-0.25, -0.2) is 5.43 Å². The molecule has 1 atom stereocenters. The summed E-state index contributed by atoms with van der Waals surface area (Å²) in [5.41, 5.74) is 12.2. The monoisotopic (exact) mass is 363 g/mol. The number of allylic oxidation sites excluding steroid dienone is 4. The Hall–Kier alpha value is -3.38. The van der Waals surface area contributed by atoms with Crippen LogP contribution >= 0.6 is 0 Å². The maximum atomic E-state index is 12.4. The lowest BCUT2D eigenvalue weighted by Gasteiger charge is -2.15. The van der Waals surface area contributed by atoms with Crippen molar-refractivity contribution in [1.82, 2.24) is 5.43 Å². The summed E-state index contributed by atoms with van der Waals surface area (Å²) in [4.78, 5) is 12.4. The molecule has 0 spiro atoms. The highest BCUT2D eigenvalue weighted by Crippen LogP contribution is 2.30. The predicted octanol–water partition coefficient (Wildman–Crippen LogP) is 2.94. The zero-order valence-electron chi connectivity index (χ0n) is 14.9. The van der Waals surface area contributed by atoms with E-state index in [1.54, 1.807) is 36.5 Å². The van der Waals surface area contributed by atoms with Gasteiger partial charge in [-0.15, -0.1) is 0 Å². The molecule has 0 fully saturated rings. The van der Waals surface area contributed by atoms with E-state index < -0.39 is 6.10 Å². The molecule has 1 heterocycles. The standard InChI is InChI=1S/C21H21N3O3/c1-2-3-5-15-12-23-24-21(27)17-8-13(9-18(22)20(15)17)10-19(26)14-6-4-7-16(25)11-14/h2-9,11-12,19,25-26H,10,22H2,1H3,(H,24,27)/b3-2+,15-5+. The van der Waals surface area contributed by atoms with Gasteiger partial charge in [0.25, 0.3) is 5.91 Å². The Morgan fingerprint density at radius 3 is 2.85 bits per heavy atom. The molecule has 5 N–H and O–H groups in total. The van der Waals surface area contributed by atoms with Crippen LogP contribution in [0, 0.1) is 0 Å². The largest absolute Gasteiger partial charge is 0.508 e. The highest BCUT2D eigenvalue weighted by Gasteiger charge is 2.21. The zero-order chi connectivity index (χ0) is 19.4. The number of nitrogen functional groups attached to an aromatic ring is 1. The van der Waals surface area contributed by atoms with Crippen molar-refractivity contribution in [1.29, 1.82) is 0 Å². The second kappa shape index (κ2) is 7.88. The third kappa shape index (κ3) is 4.07. The Bertz CT molecular complexity index is 961. The van der Waals surface area contributed by atoms with Crippen molar-refractivity contribution >= 4 is 23.4 Å². The van der Waals surface area contributed by atoms with E-state index in [2.05, 4.69) is 10.5 Å². The molecule has 0 saturated heterocycles. The van der Waals surface area contributed by atoms with Gasteiger partial charge in [-0.1, -0.05) is 30.4 Å². The highest BCUT2D eigenvalue weighted by molar-refractivity contribution is 6.18. The molecule has 6 nitrogen and oxygen atoms in total. The molecular formula is C21H21N3O3. The van der Waals surface area contributed by atoms with E-state index >= 15 is 0 Å². The number of hydrazone groups is 1. The number of phenols is 1. The van der Waals surface area contributed by atoms with Gasteiger partial charge < -0.3 is 15.9 Å². The Labute approximate surface area is 157 Å². The van der Waals surface area contributed by atoms with Gasteiger partial charge in [0.2, 0.25) is 0 Å². The number of carbonyl (C=O) groups excluding carboxylic acids is 1. The number of rotatable bonds is 4. The molecule has 1 unspecified atom stereocenters. The van der Waals surface area contributed by atoms with Crippen molar-refractivity contribution in [3.63, 3.8) is 0 Å². The maximum Gasteiger partial charge on any atom is 0.272 e. The van der Waals surface area contributed by atoms with Gasteiger partial charge in [-0.3, -0.25) is 4.79 Å². The van der Waals surface area contributed by atoms with E-state index in [-0.39, 0.29) is 18.1 Å². The third-order valence-corrected chi connectivity index (χ3v) is 4.28. The number of aliphatic hydroxyl groups excluding tert-OH is 1. The first-order chi connectivity index (χ1) is 13.0. The van der Waals surface area contributed by atoms with Gasteiger partial charge in [0.05, 0.1) is 17.9 Å². The molecule has 1 amide bonds. The van der Waals surface area contributed by atoms with Gasteiger partial charge in [-0.2, -0.15) is 5.10 Å². The first kappa shape index (κ1) is 18.4. The van der Waals surface area contributed by atoms with Crippen LogP contribution in [0.15, 0.2) is 59.7 Å². The van der Waals surface area contributed by atoms with Crippen LogP contribution in [-0.4, -0.2) is 22.3 Å². The van der Waals surface area contributed by atoms with E-state index in [4.69, 9.17) is 5.73 Å². The summed E-state index contributed by atoms with van der Waals surface area (Å²) in [5.74, 6) is -0.270. The van der Waals surface area contributed by atoms with Crippen LogP contribution in [0.3, 0.4) is 0 Å². The Kier molecular flexibility index (Phi) is 5.38. The van der Waals surface area contributed by atoms with Gasteiger partial charge in [0, 0.05) is 23.2 Å². The average molecular weight is 363 g/mol. The molecule has 27 heavy (non-hydrogen) atoms. The van der Waals surface area contributed by atoms with Crippen LogP contribution in [0.1, 0.15) is 40.1 Å². The summed E-state index contributed by atoms with van der Waals surface area (Å²) in [5, 5.41) is 24.0. The number of nitrogens with zero attached hydrogens (tertiary/aromatic N) is 1. The van der Waals surface area contributed by atoms with E-state index in [0.29, 0.717) is 27.9 Å². The number of nitrogens with one attached hydrogen (secondary N) is 1. The lowest BCUT2D eigenvalue weighted by molar-refractivity contribution is 0.0955. The minimum Gasteiger partial charge on any atom is -0.508 e. The first-order valence-electron chi connectivity index (χ1n) is 8.55. The molecule has 0 bridgehead atoms. The zero-order valence-corrected chi connectivity index (χ0v) is 14.9. The lowest BCUT2D eigenvalue weighted by atomic mass is 9.92. The number of phenolic OH excluding ortho intramolecular Hbond substituents is 1. The number of aromatic hydroxyl groups is 1. The number of carbonyl (C=O) groups is 1. The van der Waals surface area contributed by atoms with Gasteiger partial charge in [0.1, 0.15) is 5.75 Å². The van der Waals surface area contributed by atoms with E-state index in [0.717, 1.165) is 5.57 Å². The number of anilines is 1. The van der Waals surface area contributed by atoms with Crippen molar-refractivity contribution in [2.75, 3.05) is 5.73 Å². The summed E-state index contributed by atoms with van der Waals surface area (Å²) in [6.07, 6.45) is 6.53. The molecule has 1 aliphatic heterocycles. The Morgan fingerprint density at radius 1 is 1.30 bits per heavy atom. The van der Waals surface area contributed by atoms with Crippen LogP contribution in [0.2, 0.25) is 0 Å². The van der Waals surface area contributed by atoms with Crippen LogP contribution in [0.4, 0.5) is 5.69 Å². The molecule has 2 aromatic carbocycles. The smallest absolute Gasteiger partial charge is 0.272 e. The normalized spacial score (nSPS) is 16.2. The first-order valence-corrected chi connectivity index (χ1v) is 8.55. The van der Waals surface area contributed by atoms with Crippen molar-refractivity contribution in [2.45, 2.75) is 19.4 Å². The molecule has 0 aromatic heterocycles. The van der Waals surface area contributed by atoms with Gasteiger partial charge in [-0.05, 0) is 42.3 Å². The summed E-state index contributed by atoms with van der Waals surface area (Å²) < 4.78 is 0. The molecule has 2 aromatic rings. The third-order valence-electron chi connectivity index (χ3n) is 4.28. The van der Waals surface area contributed by atoms with Crippen LogP contribution in [0.5, 0.6) is 5.75 Å². The van der Waals surface area contributed by atoms with E-state index in [1.165, 1.54) is 6.07 Å². The van der Waals surface area contributed by atoms with Gasteiger partial charge >= 0.3 is 0 Å². The van der Waals surface area contributed by atoms with Crippen molar-refractivity contribution < 1.29 is 15.0 Å². The number of benzene rings is 2. The van der Waals surface area contributed by atoms with Crippen molar-refractivity contribution in [3.8, 4) is 5.75 Å². The fourth-order valence-corrected chi connectivity index (χ4v) is 3.03. The minimum absolute atomic E-state index is 0.0864. The predicted molar refractivity (Wildman–Crippen MR) is 106 cm³/mol. The Balaban J connectivity index is 1.99.